The molecule has 5 nitrogen and oxygen atoms in total. The van der Waals surface area contributed by atoms with Gasteiger partial charge in [-0.25, -0.2) is 9.59 Å². The largest absolute Gasteiger partial charge is 0.479 e. The highest BCUT2D eigenvalue weighted by Crippen LogP contribution is 2.32. The van der Waals surface area contributed by atoms with Crippen molar-refractivity contribution in [2.75, 3.05) is 0 Å². The van der Waals surface area contributed by atoms with Crippen molar-refractivity contribution in [1.29, 1.82) is 0 Å². The van der Waals surface area contributed by atoms with E-state index in [1.165, 1.54) is 0 Å². The van der Waals surface area contributed by atoms with Crippen LogP contribution in [0.2, 0.25) is 5.02 Å². The first kappa shape index (κ1) is 15.6. The van der Waals surface area contributed by atoms with Gasteiger partial charge in [0.05, 0.1) is 0 Å². The van der Waals surface area contributed by atoms with E-state index in [1.807, 2.05) is 0 Å². The average molecular weight is 312 g/mol. The lowest BCUT2D eigenvalue weighted by atomic mass is 9.96. The summed E-state index contributed by atoms with van der Waals surface area (Å²) in [4.78, 5) is 23.6. The molecule has 1 aliphatic rings. The second-order valence-corrected chi connectivity index (χ2v) is 6.72. The lowest BCUT2D eigenvalue weighted by Gasteiger charge is -2.28. The number of benzene rings is 1. The normalized spacial score (nSPS) is 20.8. The van der Waals surface area contributed by atoms with E-state index in [0.717, 1.165) is 11.1 Å². The summed E-state index contributed by atoms with van der Waals surface area (Å²) in [5.41, 5.74) is -0.354. The summed E-state index contributed by atoms with van der Waals surface area (Å²) in [6.07, 6.45) is -0.324. The molecule has 0 saturated heterocycles. The number of amides is 1. The molecule has 0 fully saturated rings. The Kier molecular flexibility index (Phi) is 3.89. The van der Waals surface area contributed by atoms with Crippen molar-refractivity contribution in [2.24, 2.45) is 0 Å². The number of ether oxygens (including phenoxy) is 1. The van der Waals surface area contributed by atoms with Gasteiger partial charge in [-0.05, 0) is 44.0 Å². The van der Waals surface area contributed by atoms with Crippen molar-refractivity contribution >= 4 is 23.7 Å². The van der Waals surface area contributed by atoms with E-state index in [1.54, 1.807) is 39.0 Å². The van der Waals surface area contributed by atoms with Crippen LogP contribution in [0.4, 0.5) is 4.79 Å². The molecule has 6 heteroatoms. The van der Waals surface area contributed by atoms with Crippen LogP contribution in [0.1, 0.15) is 31.9 Å². The SMILES string of the molecule is CC(C)(C)OC(=O)NC1(C(=O)O)Cc2ccc(Cl)cc2C1. The maximum absolute atomic E-state index is 11.9. The van der Waals surface area contributed by atoms with Crippen LogP contribution in [0.3, 0.4) is 0 Å². The fraction of sp³-hybridized carbons (Fsp3) is 0.467. The van der Waals surface area contributed by atoms with Gasteiger partial charge >= 0.3 is 12.1 Å². The van der Waals surface area contributed by atoms with E-state index in [0.29, 0.717) is 5.02 Å². The molecular weight excluding hydrogens is 294 g/mol. The third-order valence-electron chi connectivity index (χ3n) is 3.30. The van der Waals surface area contributed by atoms with Crippen molar-refractivity contribution < 1.29 is 19.4 Å². The van der Waals surface area contributed by atoms with Crippen molar-refractivity contribution in [1.82, 2.24) is 5.32 Å². The van der Waals surface area contributed by atoms with Crippen LogP contribution in [0.5, 0.6) is 0 Å². The van der Waals surface area contributed by atoms with E-state index in [-0.39, 0.29) is 12.8 Å². The van der Waals surface area contributed by atoms with Gasteiger partial charge in [0.2, 0.25) is 0 Å². The van der Waals surface area contributed by atoms with Gasteiger partial charge in [0, 0.05) is 17.9 Å². The van der Waals surface area contributed by atoms with Gasteiger partial charge in [-0.3, -0.25) is 0 Å². The van der Waals surface area contributed by atoms with Crippen molar-refractivity contribution in [3.8, 4) is 0 Å². The first-order valence-electron chi connectivity index (χ1n) is 6.63. The molecule has 0 heterocycles. The average Bonchev–Trinajstić information content (AvgIpc) is 2.64. The fourth-order valence-electron chi connectivity index (χ4n) is 2.44. The van der Waals surface area contributed by atoms with Crippen LogP contribution < -0.4 is 5.32 Å². The van der Waals surface area contributed by atoms with Crippen molar-refractivity contribution in [3.63, 3.8) is 0 Å². The van der Waals surface area contributed by atoms with E-state index >= 15 is 0 Å². The smallest absolute Gasteiger partial charge is 0.408 e. The number of hydrogen-bond acceptors (Lipinski definition) is 3. The molecule has 0 spiro atoms. The van der Waals surface area contributed by atoms with Gasteiger partial charge in [0.15, 0.2) is 0 Å². The molecule has 2 N–H and O–H groups in total. The summed E-state index contributed by atoms with van der Waals surface area (Å²) in [5.74, 6) is -1.08. The summed E-state index contributed by atoms with van der Waals surface area (Å²) < 4.78 is 5.16. The molecule has 0 aliphatic heterocycles. The Balaban J connectivity index is 2.22. The topological polar surface area (TPSA) is 75.6 Å². The number of carbonyl (C=O) groups is 2. The minimum Gasteiger partial charge on any atom is -0.479 e. The molecule has 0 bridgehead atoms. The van der Waals surface area contributed by atoms with E-state index in [9.17, 15) is 14.7 Å². The molecule has 2 rings (SSSR count). The Morgan fingerprint density at radius 3 is 2.48 bits per heavy atom. The van der Waals surface area contributed by atoms with E-state index in [4.69, 9.17) is 16.3 Å². The number of rotatable bonds is 2. The second kappa shape index (κ2) is 5.22. The number of fused-ring (bicyclic) bond motifs is 1. The van der Waals surface area contributed by atoms with Crippen LogP contribution in [0.25, 0.3) is 0 Å². The third kappa shape index (κ3) is 3.47. The first-order chi connectivity index (χ1) is 9.61. The van der Waals surface area contributed by atoms with Gasteiger partial charge < -0.3 is 15.2 Å². The van der Waals surface area contributed by atoms with E-state index in [2.05, 4.69) is 5.32 Å². The number of aliphatic carboxylic acids is 1. The molecule has 0 radical (unpaired) electrons. The lowest BCUT2D eigenvalue weighted by Crippen LogP contribution is -2.56. The summed E-state index contributed by atoms with van der Waals surface area (Å²) in [5, 5.41) is 12.6. The Bertz CT molecular complexity index is 594. The minimum absolute atomic E-state index is 0.192. The highest BCUT2D eigenvalue weighted by Gasteiger charge is 2.46. The lowest BCUT2D eigenvalue weighted by molar-refractivity contribution is -0.144. The molecule has 1 aliphatic carbocycles. The Morgan fingerprint density at radius 2 is 1.90 bits per heavy atom. The number of halogens is 1. The zero-order chi connectivity index (χ0) is 15.8. The quantitative estimate of drug-likeness (QED) is 0.880. The van der Waals surface area contributed by atoms with Crippen LogP contribution in [0.15, 0.2) is 18.2 Å². The standard InChI is InChI=1S/C15H18ClNO4/c1-14(2,3)21-13(20)17-15(12(18)19)7-9-4-5-11(16)6-10(9)8-15/h4-6H,7-8H2,1-3H3,(H,17,20)(H,18,19). The summed E-state index contributed by atoms with van der Waals surface area (Å²) >= 11 is 5.93. The summed E-state index contributed by atoms with van der Waals surface area (Å²) in [7, 11) is 0. The molecule has 21 heavy (non-hydrogen) atoms. The number of alkyl carbamates (subject to hydrolysis) is 1. The zero-order valence-electron chi connectivity index (χ0n) is 12.2. The Hall–Kier alpha value is -1.75. The summed E-state index contributed by atoms with van der Waals surface area (Å²) in [6, 6.07) is 5.24. The molecule has 1 atom stereocenters. The first-order valence-corrected chi connectivity index (χ1v) is 7.01. The van der Waals surface area contributed by atoms with Gasteiger partial charge in [-0.15, -0.1) is 0 Å². The van der Waals surface area contributed by atoms with Crippen molar-refractivity contribution in [3.05, 3.63) is 34.3 Å². The van der Waals surface area contributed by atoms with Crippen LogP contribution in [-0.4, -0.2) is 28.3 Å². The van der Waals surface area contributed by atoms with Crippen LogP contribution in [0, 0.1) is 0 Å². The Morgan fingerprint density at radius 1 is 1.29 bits per heavy atom. The molecule has 1 aromatic rings. The molecule has 1 unspecified atom stereocenters. The van der Waals surface area contributed by atoms with Gasteiger partial charge in [-0.1, -0.05) is 17.7 Å². The van der Waals surface area contributed by atoms with E-state index < -0.39 is 23.2 Å². The maximum atomic E-state index is 11.9. The number of nitrogens with one attached hydrogen (secondary N) is 1. The second-order valence-electron chi connectivity index (χ2n) is 6.28. The highest BCUT2D eigenvalue weighted by atomic mass is 35.5. The fourth-order valence-corrected chi connectivity index (χ4v) is 2.63. The van der Waals surface area contributed by atoms with Crippen LogP contribution in [-0.2, 0) is 22.4 Å². The summed E-state index contributed by atoms with van der Waals surface area (Å²) in [6.45, 7) is 5.18. The third-order valence-corrected chi connectivity index (χ3v) is 3.54. The minimum atomic E-state index is -1.38. The zero-order valence-corrected chi connectivity index (χ0v) is 13.0. The molecule has 0 aromatic heterocycles. The number of carboxylic acid groups (broad SMARTS) is 1. The van der Waals surface area contributed by atoms with Gasteiger partial charge in [-0.2, -0.15) is 0 Å². The Labute approximate surface area is 128 Å². The highest BCUT2D eigenvalue weighted by molar-refractivity contribution is 6.30. The predicted molar refractivity (Wildman–Crippen MR) is 78.6 cm³/mol. The number of carboxylic acids is 1. The molecular formula is C15H18ClNO4. The van der Waals surface area contributed by atoms with Gasteiger partial charge in [0.25, 0.3) is 0 Å². The molecule has 1 aromatic carbocycles. The molecule has 0 saturated carbocycles. The predicted octanol–water partition coefficient (Wildman–Crippen LogP) is 2.79. The maximum Gasteiger partial charge on any atom is 0.408 e. The molecule has 1 amide bonds. The monoisotopic (exact) mass is 311 g/mol. The van der Waals surface area contributed by atoms with Gasteiger partial charge in [0.1, 0.15) is 11.1 Å². The number of carbonyl (C=O) groups excluding carboxylic acids is 1. The van der Waals surface area contributed by atoms with Crippen molar-refractivity contribution in [2.45, 2.75) is 44.8 Å². The molecule has 114 valence electrons. The van der Waals surface area contributed by atoms with Crippen LogP contribution >= 0.6 is 11.6 Å². The number of hydrogen-bond donors (Lipinski definition) is 2.